The van der Waals surface area contributed by atoms with Crippen LogP contribution in [-0.2, 0) is 6.54 Å². The maximum atomic E-state index is 12.9. The SMILES string of the molecule is Fc1ccc(CNCCC2CCCN2)cc1F. The molecular weight excluding hydrogens is 222 g/mol. The second-order valence-corrected chi connectivity index (χ2v) is 4.51. The standard InChI is InChI=1S/C13H18F2N2/c14-12-4-3-10(8-13(12)15)9-16-7-5-11-2-1-6-17-11/h3-4,8,11,16-17H,1-2,5-7,9H2. The summed E-state index contributed by atoms with van der Waals surface area (Å²) in [4.78, 5) is 0. The topological polar surface area (TPSA) is 24.1 Å². The Morgan fingerprint density at radius 2 is 2.18 bits per heavy atom. The van der Waals surface area contributed by atoms with Crippen molar-refractivity contribution in [3.63, 3.8) is 0 Å². The van der Waals surface area contributed by atoms with Gasteiger partial charge in [0.1, 0.15) is 0 Å². The van der Waals surface area contributed by atoms with E-state index in [0.29, 0.717) is 12.6 Å². The van der Waals surface area contributed by atoms with Gasteiger partial charge in [0, 0.05) is 12.6 Å². The third-order valence-corrected chi connectivity index (χ3v) is 3.15. The number of nitrogens with one attached hydrogen (secondary N) is 2. The van der Waals surface area contributed by atoms with Gasteiger partial charge in [0.25, 0.3) is 0 Å². The molecule has 0 radical (unpaired) electrons. The number of rotatable bonds is 5. The maximum absolute atomic E-state index is 12.9. The average molecular weight is 240 g/mol. The van der Waals surface area contributed by atoms with Crippen LogP contribution < -0.4 is 10.6 Å². The summed E-state index contributed by atoms with van der Waals surface area (Å²) in [6, 6.07) is 4.65. The van der Waals surface area contributed by atoms with Gasteiger partial charge in [0.15, 0.2) is 11.6 Å². The average Bonchev–Trinajstić information content (AvgIpc) is 2.82. The van der Waals surface area contributed by atoms with Gasteiger partial charge in [-0.1, -0.05) is 6.07 Å². The Balaban J connectivity index is 1.68. The third-order valence-electron chi connectivity index (χ3n) is 3.15. The fourth-order valence-corrected chi connectivity index (χ4v) is 2.16. The molecule has 2 N–H and O–H groups in total. The van der Waals surface area contributed by atoms with Crippen LogP contribution in [0.3, 0.4) is 0 Å². The summed E-state index contributed by atoms with van der Waals surface area (Å²) in [5.74, 6) is -1.56. The summed E-state index contributed by atoms with van der Waals surface area (Å²) in [6.45, 7) is 2.61. The molecule has 4 heteroatoms. The summed E-state index contributed by atoms with van der Waals surface area (Å²) in [5, 5.41) is 6.67. The Morgan fingerprint density at radius 3 is 2.88 bits per heavy atom. The predicted octanol–water partition coefficient (Wildman–Crippen LogP) is 2.20. The zero-order valence-corrected chi connectivity index (χ0v) is 9.81. The van der Waals surface area contributed by atoms with Crippen LogP contribution in [-0.4, -0.2) is 19.1 Å². The second kappa shape index (κ2) is 6.07. The lowest BCUT2D eigenvalue weighted by atomic mass is 10.1. The lowest BCUT2D eigenvalue weighted by molar-refractivity contribution is 0.502. The van der Waals surface area contributed by atoms with Gasteiger partial charge < -0.3 is 10.6 Å². The molecule has 0 spiro atoms. The first-order valence-electron chi connectivity index (χ1n) is 6.14. The summed E-state index contributed by atoms with van der Waals surface area (Å²) < 4.78 is 25.6. The highest BCUT2D eigenvalue weighted by Gasteiger charge is 2.12. The highest BCUT2D eigenvalue weighted by atomic mass is 19.2. The van der Waals surface area contributed by atoms with Crippen LogP contribution >= 0.6 is 0 Å². The van der Waals surface area contributed by atoms with E-state index in [9.17, 15) is 8.78 Å². The van der Waals surface area contributed by atoms with Gasteiger partial charge in [-0.15, -0.1) is 0 Å². The molecule has 0 amide bonds. The van der Waals surface area contributed by atoms with Crippen molar-refractivity contribution in [2.24, 2.45) is 0 Å². The number of halogens is 2. The van der Waals surface area contributed by atoms with E-state index in [2.05, 4.69) is 10.6 Å². The van der Waals surface area contributed by atoms with E-state index in [0.717, 1.165) is 25.1 Å². The Kier molecular flexibility index (Phi) is 4.45. The first kappa shape index (κ1) is 12.5. The molecule has 2 nitrogen and oxygen atoms in total. The molecule has 1 unspecified atom stereocenters. The molecule has 1 saturated heterocycles. The molecule has 0 saturated carbocycles. The first-order chi connectivity index (χ1) is 8.25. The zero-order chi connectivity index (χ0) is 12.1. The summed E-state index contributed by atoms with van der Waals surface area (Å²) in [5.41, 5.74) is 0.781. The molecule has 1 fully saturated rings. The Hall–Kier alpha value is -1.00. The fraction of sp³-hybridized carbons (Fsp3) is 0.538. The van der Waals surface area contributed by atoms with Gasteiger partial charge in [-0.3, -0.25) is 0 Å². The molecule has 0 aromatic heterocycles. The molecular formula is C13H18F2N2. The van der Waals surface area contributed by atoms with E-state index < -0.39 is 11.6 Å². The van der Waals surface area contributed by atoms with Crippen molar-refractivity contribution >= 4 is 0 Å². The lowest BCUT2D eigenvalue weighted by Gasteiger charge is -2.10. The first-order valence-corrected chi connectivity index (χ1v) is 6.14. The monoisotopic (exact) mass is 240 g/mol. The van der Waals surface area contributed by atoms with Gasteiger partial charge in [0.2, 0.25) is 0 Å². The molecule has 1 aromatic rings. The van der Waals surface area contributed by atoms with Gasteiger partial charge >= 0.3 is 0 Å². The van der Waals surface area contributed by atoms with E-state index in [1.54, 1.807) is 6.07 Å². The van der Waals surface area contributed by atoms with Gasteiger partial charge in [-0.2, -0.15) is 0 Å². The molecule has 17 heavy (non-hydrogen) atoms. The minimum atomic E-state index is -0.788. The van der Waals surface area contributed by atoms with Crippen molar-refractivity contribution in [2.45, 2.75) is 31.8 Å². The van der Waals surface area contributed by atoms with Crippen LogP contribution in [0.15, 0.2) is 18.2 Å². The largest absolute Gasteiger partial charge is 0.314 e. The number of hydrogen-bond donors (Lipinski definition) is 2. The van der Waals surface area contributed by atoms with Crippen molar-refractivity contribution < 1.29 is 8.78 Å². The van der Waals surface area contributed by atoms with E-state index in [4.69, 9.17) is 0 Å². The number of hydrogen-bond acceptors (Lipinski definition) is 2. The van der Waals surface area contributed by atoms with Crippen LogP contribution in [0.1, 0.15) is 24.8 Å². The highest BCUT2D eigenvalue weighted by Crippen LogP contribution is 2.09. The summed E-state index contributed by atoms with van der Waals surface area (Å²) >= 11 is 0. The van der Waals surface area contributed by atoms with Gasteiger partial charge in [0.05, 0.1) is 0 Å². The summed E-state index contributed by atoms with van der Waals surface area (Å²) in [7, 11) is 0. The molecule has 94 valence electrons. The van der Waals surface area contributed by atoms with Crippen LogP contribution in [0.2, 0.25) is 0 Å². The van der Waals surface area contributed by atoms with Crippen molar-refractivity contribution in [1.29, 1.82) is 0 Å². The normalized spacial score (nSPS) is 19.8. The van der Waals surface area contributed by atoms with Crippen molar-refractivity contribution in [2.75, 3.05) is 13.1 Å². The van der Waals surface area contributed by atoms with Crippen molar-refractivity contribution in [3.05, 3.63) is 35.4 Å². The molecule has 1 aromatic carbocycles. The molecule has 0 bridgehead atoms. The van der Waals surface area contributed by atoms with E-state index in [1.165, 1.54) is 25.0 Å². The van der Waals surface area contributed by atoms with E-state index in [-0.39, 0.29) is 0 Å². The minimum absolute atomic E-state index is 0.587. The Morgan fingerprint density at radius 1 is 1.29 bits per heavy atom. The van der Waals surface area contributed by atoms with Crippen LogP contribution in [0.4, 0.5) is 8.78 Å². The molecule has 1 heterocycles. The lowest BCUT2D eigenvalue weighted by Crippen LogP contribution is -2.26. The minimum Gasteiger partial charge on any atom is -0.314 e. The van der Waals surface area contributed by atoms with Crippen LogP contribution in [0, 0.1) is 11.6 Å². The smallest absolute Gasteiger partial charge is 0.159 e. The zero-order valence-electron chi connectivity index (χ0n) is 9.81. The van der Waals surface area contributed by atoms with Crippen molar-refractivity contribution in [1.82, 2.24) is 10.6 Å². The van der Waals surface area contributed by atoms with Crippen LogP contribution in [0.25, 0.3) is 0 Å². The number of benzene rings is 1. The Bertz CT molecular complexity index is 362. The third kappa shape index (κ3) is 3.75. The molecule has 1 aliphatic heterocycles. The van der Waals surface area contributed by atoms with Gasteiger partial charge in [-0.25, -0.2) is 8.78 Å². The summed E-state index contributed by atoms with van der Waals surface area (Å²) in [6.07, 6.45) is 3.59. The maximum Gasteiger partial charge on any atom is 0.159 e. The molecule has 2 rings (SSSR count). The molecule has 1 aliphatic rings. The van der Waals surface area contributed by atoms with Crippen molar-refractivity contribution in [3.8, 4) is 0 Å². The van der Waals surface area contributed by atoms with E-state index >= 15 is 0 Å². The highest BCUT2D eigenvalue weighted by molar-refractivity contribution is 5.17. The molecule has 1 atom stereocenters. The predicted molar refractivity (Wildman–Crippen MR) is 63.7 cm³/mol. The molecule has 0 aliphatic carbocycles. The second-order valence-electron chi connectivity index (χ2n) is 4.51. The van der Waals surface area contributed by atoms with E-state index in [1.807, 2.05) is 0 Å². The fourth-order valence-electron chi connectivity index (χ4n) is 2.16. The quantitative estimate of drug-likeness (QED) is 0.771. The van der Waals surface area contributed by atoms with Crippen LogP contribution in [0.5, 0.6) is 0 Å². The Labute approximate surface area is 100 Å². The van der Waals surface area contributed by atoms with Gasteiger partial charge in [-0.05, 0) is 50.0 Å².